The minimum absolute atomic E-state index is 0.116. The summed E-state index contributed by atoms with van der Waals surface area (Å²) in [6.07, 6.45) is 2.76. The Balaban J connectivity index is 1.54. The summed E-state index contributed by atoms with van der Waals surface area (Å²) in [6, 6.07) is 13.7. The van der Waals surface area contributed by atoms with Crippen molar-refractivity contribution in [3.8, 4) is 0 Å². The number of aliphatic hydroxyl groups is 1. The van der Waals surface area contributed by atoms with Crippen LogP contribution >= 0.6 is 11.3 Å². The lowest BCUT2D eigenvalue weighted by molar-refractivity contribution is 0.145. The van der Waals surface area contributed by atoms with Crippen LogP contribution < -0.4 is 10.2 Å². The molecule has 3 rings (SSSR count). The monoisotopic (exact) mass is 344 g/mol. The Labute approximate surface area is 149 Å². The molecule has 2 aromatic rings. The lowest BCUT2D eigenvalue weighted by Gasteiger charge is -2.31. The van der Waals surface area contributed by atoms with Crippen LogP contribution in [0.2, 0.25) is 0 Å². The van der Waals surface area contributed by atoms with E-state index in [0.717, 1.165) is 38.9 Å². The first-order valence-corrected chi connectivity index (χ1v) is 9.81. The number of aryl methyl sites for hydroxylation is 1. The molecule has 0 spiro atoms. The van der Waals surface area contributed by atoms with Crippen LogP contribution in [0.4, 0.5) is 5.69 Å². The average Bonchev–Trinajstić information content (AvgIpc) is 3.09. The van der Waals surface area contributed by atoms with E-state index in [-0.39, 0.29) is 6.10 Å². The molecule has 2 heterocycles. The van der Waals surface area contributed by atoms with E-state index in [1.165, 1.54) is 21.0 Å². The first kappa shape index (κ1) is 17.5. The van der Waals surface area contributed by atoms with E-state index in [1.54, 1.807) is 0 Å². The summed E-state index contributed by atoms with van der Waals surface area (Å²) in [5.41, 5.74) is 2.59. The van der Waals surface area contributed by atoms with Crippen LogP contribution in [0.5, 0.6) is 0 Å². The number of rotatable bonds is 6. The predicted octanol–water partition coefficient (Wildman–Crippen LogP) is 4.12. The van der Waals surface area contributed by atoms with Crippen LogP contribution in [0, 0.1) is 0 Å². The first-order chi connectivity index (χ1) is 11.7. The SMILES string of the molecule is CCc1ccc(CNC(C)c2ccc(N3CCC(O)CC3)cc2)s1. The van der Waals surface area contributed by atoms with Gasteiger partial charge in [0.15, 0.2) is 0 Å². The molecular formula is C20H28N2OS. The number of thiophene rings is 1. The number of benzene rings is 1. The van der Waals surface area contributed by atoms with Gasteiger partial charge in [-0.05, 0) is 56.0 Å². The lowest BCUT2D eigenvalue weighted by Crippen LogP contribution is -2.35. The van der Waals surface area contributed by atoms with Crippen LogP contribution in [-0.4, -0.2) is 24.3 Å². The maximum atomic E-state index is 9.63. The van der Waals surface area contributed by atoms with E-state index < -0.39 is 0 Å². The Morgan fingerprint density at radius 2 is 1.79 bits per heavy atom. The minimum Gasteiger partial charge on any atom is -0.393 e. The van der Waals surface area contributed by atoms with Crippen molar-refractivity contribution in [2.45, 2.75) is 51.8 Å². The maximum absolute atomic E-state index is 9.63. The molecule has 0 radical (unpaired) electrons. The van der Waals surface area contributed by atoms with Gasteiger partial charge in [-0.25, -0.2) is 0 Å². The summed E-state index contributed by atoms with van der Waals surface area (Å²) in [5.74, 6) is 0. The van der Waals surface area contributed by atoms with Gasteiger partial charge < -0.3 is 15.3 Å². The molecule has 0 aliphatic carbocycles. The standard InChI is InChI=1S/C20H28N2OS/c1-3-19-8-9-20(24-19)14-21-15(2)16-4-6-17(7-5-16)22-12-10-18(23)11-13-22/h4-9,15,18,21,23H,3,10-14H2,1-2H3. The van der Waals surface area contributed by atoms with E-state index >= 15 is 0 Å². The fourth-order valence-electron chi connectivity index (χ4n) is 3.18. The lowest BCUT2D eigenvalue weighted by atomic mass is 10.0. The van der Waals surface area contributed by atoms with Crippen molar-refractivity contribution >= 4 is 17.0 Å². The second-order valence-electron chi connectivity index (χ2n) is 6.63. The fraction of sp³-hybridized carbons (Fsp3) is 0.500. The van der Waals surface area contributed by atoms with Crippen molar-refractivity contribution in [2.24, 2.45) is 0 Å². The maximum Gasteiger partial charge on any atom is 0.0574 e. The normalized spacial score (nSPS) is 17.2. The van der Waals surface area contributed by atoms with E-state index in [4.69, 9.17) is 0 Å². The molecule has 1 fully saturated rings. The summed E-state index contributed by atoms with van der Waals surface area (Å²) in [6.45, 7) is 7.26. The topological polar surface area (TPSA) is 35.5 Å². The van der Waals surface area contributed by atoms with Crippen molar-refractivity contribution in [1.29, 1.82) is 0 Å². The second kappa shape index (κ2) is 8.15. The molecule has 1 atom stereocenters. The smallest absolute Gasteiger partial charge is 0.0574 e. The number of anilines is 1. The molecular weight excluding hydrogens is 316 g/mol. The van der Waals surface area contributed by atoms with Crippen LogP contribution in [0.25, 0.3) is 0 Å². The number of nitrogens with zero attached hydrogens (tertiary/aromatic N) is 1. The van der Waals surface area contributed by atoms with E-state index in [0.29, 0.717) is 6.04 Å². The zero-order chi connectivity index (χ0) is 16.9. The number of nitrogens with one attached hydrogen (secondary N) is 1. The molecule has 0 saturated carbocycles. The molecule has 0 amide bonds. The highest BCUT2D eigenvalue weighted by atomic mass is 32.1. The van der Waals surface area contributed by atoms with Crippen LogP contribution in [0.1, 0.15) is 48.0 Å². The van der Waals surface area contributed by atoms with Gasteiger partial charge in [0.2, 0.25) is 0 Å². The van der Waals surface area contributed by atoms with Gasteiger partial charge in [-0.3, -0.25) is 0 Å². The highest BCUT2D eigenvalue weighted by Gasteiger charge is 2.17. The Kier molecular flexibility index (Phi) is 5.93. The summed E-state index contributed by atoms with van der Waals surface area (Å²) < 4.78 is 0. The van der Waals surface area contributed by atoms with Crippen molar-refractivity contribution < 1.29 is 5.11 Å². The molecule has 24 heavy (non-hydrogen) atoms. The molecule has 1 unspecified atom stereocenters. The molecule has 0 bridgehead atoms. The molecule has 1 saturated heterocycles. The minimum atomic E-state index is -0.116. The largest absolute Gasteiger partial charge is 0.393 e. The predicted molar refractivity (Wildman–Crippen MR) is 103 cm³/mol. The zero-order valence-corrected chi connectivity index (χ0v) is 15.5. The van der Waals surface area contributed by atoms with Crippen molar-refractivity contribution in [3.05, 3.63) is 51.7 Å². The summed E-state index contributed by atoms with van der Waals surface area (Å²) >= 11 is 1.90. The first-order valence-electron chi connectivity index (χ1n) is 8.99. The van der Waals surface area contributed by atoms with Gasteiger partial charge in [-0.1, -0.05) is 19.1 Å². The summed E-state index contributed by atoms with van der Waals surface area (Å²) in [5, 5.41) is 13.2. The third-order valence-electron chi connectivity index (χ3n) is 4.87. The Morgan fingerprint density at radius 1 is 1.12 bits per heavy atom. The summed E-state index contributed by atoms with van der Waals surface area (Å²) in [4.78, 5) is 5.23. The number of hydrogen-bond donors (Lipinski definition) is 2. The zero-order valence-electron chi connectivity index (χ0n) is 14.7. The Morgan fingerprint density at radius 3 is 2.42 bits per heavy atom. The average molecular weight is 345 g/mol. The quantitative estimate of drug-likeness (QED) is 0.827. The van der Waals surface area contributed by atoms with Gasteiger partial charge >= 0.3 is 0 Å². The third kappa shape index (κ3) is 4.38. The van der Waals surface area contributed by atoms with Gasteiger partial charge in [-0.2, -0.15) is 0 Å². The summed E-state index contributed by atoms with van der Waals surface area (Å²) in [7, 11) is 0. The molecule has 4 heteroatoms. The molecule has 1 aliphatic heterocycles. The van der Waals surface area contributed by atoms with Gasteiger partial charge in [0.1, 0.15) is 0 Å². The number of hydrogen-bond acceptors (Lipinski definition) is 4. The Bertz CT molecular complexity index is 629. The van der Waals surface area contributed by atoms with E-state index in [1.807, 2.05) is 11.3 Å². The van der Waals surface area contributed by atoms with Crippen molar-refractivity contribution in [1.82, 2.24) is 5.32 Å². The van der Waals surface area contributed by atoms with Gasteiger partial charge in [-0.15, -0.1) is 11.3 Å². The molecule has 1 aromatic heterocycles. The third-order valence-corrected chi connectivity index (χ3v) is 6.10. The molecule has 1 aliphatic rings. The van der Waals surface area contributed by atoms with Gasteiger partial charge in [0, 0.05) is 41.1 Å². The molecule has 1 aromatic carbocycles. The molecule has 2 N–H and O–H groups in total. The number of piperidine rings is 1. The molecule has 3 nitrogen and oxygen atoms in total. The van der Waals surface area contributed by atoms with Crippen LogP contribution in [0.3, 0.4) is 0 Å². The van der Waals surface area contributed by atoms with Crippen LogP contribution in [-0.2, 0) is 13.0 Å². The van der Waals surface area contributed by atoms with Crippen molar-refractivity contribution in [2.75, 3.05) is 18.0 Å². The van der Waals surface area contributed by atoms with Crippen LogP contribution in [0.15, 0.2) is 36.4 Å². The number of aliphatic hydroxyl groups excluding tert-OH is 1. The highest BCUT2D eigenvalue weighted by Crippen LogP contribution is 2.23. The van der Waals surface area contributed by atoms with Crippen molar-refractivity contribution in [3.63, 3.8) is 0 Å². The van der Waals surface area contributed by atoms with Gasteiger partial charge in [0.05, 0.1) is 6.10 Å². The van der Waals surface area contributed by atoms with E-state index in [2.05, 4.69) is 60.5 Å². The van der Waals surface area contributed by atoms with E-state index in [9.17, 15) is 5.11 Å². The molecule has 130 valence electrons. The fourth-order valence-corrected chi connectivity index (χ4v) is 4.09. The Hall–Kier alpha value is -1.36. The van der Waals surface area contributed by atoms with Gasteiger partial charge in [0.25, 0.3) is 0 Å². The second-order valence-corrected chi connectivity index (χ2v) is 7.89. The highest BCUT2D eigenvalue weighted by molar-refractivity contribution is 7.11.